The number of aromatic amines is 2. The van der Waals surface area contributed by atoms with E-state index in [9.17, 15) is 4.79 Å². The number of amides is 1. The maximum Gasteiger partial charge on any atom is 0.310 e. The largest absolute Gasteiger partial charge is 0.399 e. The summed E-state index contributed by atoms with van der Waals surface area (Å²) in [5.41, 5.74) is 9.13. The Kier molecular flexibility index (Phi) is 4.09. The average molecular weight is 336 g/mol. The third-order valence-electron chi connectivity index (χ3n) is 4.83. The molecule has 0 bridgehead atoms. The van der Waals surface area contributed by atoms with Crippen molar-refractivity contribution in [2.45, 2.75) is 32.1 Å². The van der Waals surface area contributed by atoms with Crippen molar-refractivity contribution in [2.75, 3.05) is 11.1 Å². The first-order valence-electron chi connectivity index (χ1n) is 8.77. The molecule has 1 saturated carbocycles. The number of nitrogen functional groups attached to an aromatic ring is 1. The zero-order valence-corrected chi connectivity index (χ0v) is 14.0. The van der Waals surface area contributed by atoms with Gasteiger partial charge in [0.2, 0.25) is 0 Å². The van der Waals surface area contributed by atoms with Gasteiger partial charge >= 0.3 is 5.91 Å². The summed E-state index contributed by atoms with van der Waals surface area (Å²) < 4.78 is 0. The van der Waals surface area contributed by atoms with Crippen LogP contribution in [0.15, 0.2) is 36.5 Å². The normalized spacial score (nSPS) is 15.4. The number of fused-ring (bicyclic) bond motifs is 1. The summed E-state index contributed by atoms with van der Waals surface area (Å²) in [7, 11) is 0. The maximum atomic E-state index is 12.4. The number of H-pyrrole nitrogens is 2. The fourth-order valence-corrected chi connectivity index (χ4v) is 3.40. The lowest BCUT2D eigenvalue weighted by Gasteiger charge is -2.17. The summed E-state index contributed by atoms with van der Waals surface area (Å²) >= 11 is 0. The number of rotatable bonds is 3. The summed E-state index contributed by atoms with van der Waals surface area (Å²) in [5.74, 6) is 1.68. The van der Waals surface area contributed by atoms with Crippen molar-refractivity contribution < 1.29 is 9.78 Å². The molecule has 0 saturated heterocycles. The van der Waals surface area contributed by atoms with Gasteiger partial charge in [0.1, 0.15) is 23.1 Å². The quantitative estimate of drug-likeness (QED) is 0.641. The van der Waals surface area contributed by atoms with Gasteiger partial charge in [0, 0.05) is 11.3 Å². The second kappa shape index (κ2) is 6.55. The second-order valence-corrected chi connectivity index (χ2v) is 6.68. The number of carbonyl (C=O) groups excluding carboxylic acids is 1. The molecule has 4 rings (SSSR count). The summed E-state index contributed by atoms with van der Waals surface area (Å²) in [6.07, 6.45) is 7.33. The van der Waals surface area contributed by atoms with Crippen molar-refractivity contribution in [1.29, 1.82) is 0 Å². The van der Waals surface area contributed by atoms with Gasteiger partial charge in [-0.2, -0.15) is 0 Å². The second-order valence-electron chi connectivity index (χ2n) is 6.68. The van der Waals surface area contributed by atoms with E-state index in [-0.39, 0.29) is 11.8 Å². The molecular weight excluding hydrogens is 314 g/mol. The van der Waals surface area contributed by atoms with E-state index in [0.717, 1.165) is 53.8 Å². The molecule has 6 heteroatoms. The number of hydrogen-bond acceptors (Lipinski definition) is 3. The highest BCUT2D eigenvalue weighted by molar-refractivity contribution is 5.92. The van der Waals surface area contributed by atoms with Gasteiger partial charge in [-0.15, -0.1) is 0 Å². The Morgan fingerprint density at radius 2 is 1.96 bits per heavy atom. The lowest BCUT2D eigenvalue weighted by Crippen LogP contribution is -2.27. The molecule has 25 heavy (non-hydrogen) atoms. The van der Waals surface area contributed by atoms with Gasteiger partial charge in [-0.05, 0) is 37.1 Å². The van der Waals surface area contributed by atoms with Crippen molar-refractivity contribution in [1.82, 2.24) is 9.97 Å². The molecule has 1 aliphatic carbocycles. The highest BCUT2D eigenvalue weighted by Gasteiger charge is 2.25. The molecule has 0 unspecified atom stereocenters. The van der Waals surface area contributed by atoms with E-state index in [1.807, 2.05) is 36.5 Å². The number of anilines is 2. The Morgan fingerprint density at radius 1 is 1.20 bits per heavy atom. The number of hydrogen-bond donors (Lipinski definition) is 3. The van der Waals surface area contributed by atoms with E-state index in [1.54, 1.807) is 0 Å². The number of imidazole rings is 1. The van der Waals surface area contributed by atoms with Crippen LogP contribution in [0.1, 0.15) is 32.1 Å². The zero-order valence-electron chi connectivity index (χ0n) is 14.0. The Balaban J connectivity index is 1.55. The van der Waals surface area contributed by atoms with E-state index in [1.165, 1.54) is 6.42 Å². The van der Waals surface area contributed by atoms with Gasteiger partial charge in [-0.1, -0.05) is 19.3 Å². The van der Waals surface area contributed by atoms with Crippen LogP contribution >= 0.6 is 0 Å². The lowest BCUT2D eigenvalue weighted by atomic mass is 9.89. The SMILES string of the molecule is Nc1ccc(-c2nc3cc(NC(=O)C4CCCCC4)[nH+]cc3[nH]2)cc1. The fraction of sp³-hybridized carbons (Fsp3) is 0.316. The molecule has 1 fully saturated rings. The van der Waals surface area contributed by atoms with Crippen molar-refractivity contribution in [3.63, 3.8) is 0 Å². The number of nitrogens with one attached hydrogen (secondary N) is 3. The highest BCUT2D eigenvalue weighted by atomic mass is 16.1. The summed E-state index contributed by atoms with van der Waals surface area (Å²) in [6.45, 7) is 0. The van der Waals surface area contributed by atoms with Crippen molar-refractivity contribution in [3.8, 4) is 11.4 Å². The Bertz CT molecular complexity index is 894. The molecule has 5 N–H and O–H groups in total. The number of benzene rings is 1. The smallest absolute Gasteiger partial charge is 0.310 e. The molecule has 0 aliphatic heterocycles. The van der Waals surface area contributed by atoms with Crippen LogP contribution < -0.4 is 16.0 Å². The number of nitrogens with zero attached hydrogens (tertiary/aromatic N) is 1. The summed E-state index contributed by atoms with van der Waals surface area (Å²) in [6, 6.07) is 9.44. The Hall–Kier alpha value is -2.89. The molecule has 128 valence electrons. The van der Waals surface area contributed by atoms with Gasteiger partial charge in [0.05, 0.1) is 12.0 Å². The van der Waals surface area contributed by atoms with Crippen LogP contribution in [0.2, 0.25) is 0 Å². The number of carbonyl (C=O) groups is 1. The predicted octanol–water partition coefficient (Wildman–Crippen LogP) is 3.15. The van der Waals surface area contributed by atoms with Crippen LogP contribution in [0.3, 0.4) is 0 Å². The fourth-order valence-electron chi connectivity index (χ4n) is 3.40. The van der Waals surface area contributed by atoms with Gasteiger partial charge in [0.25, 0.3) is 5.82 Å². The maximum absolute atomic E-state index is 12.4. The standard InChI is InChI=1S/C19H21N5O/c20-14-8-6-12(7-9-14)18-22-15-10-17(21-11-16(15)23-18)24-19(25)13-4-2-1-3-5-13/h6-11,13H,1-5,20H2,(H,22,23)(H,21,24,25)/p+1. The van der Waals surface area contributed by atoms with Crippen LogP contribution in [0.5, 0.6) is 0 Å². The third kappa shape index (κ3) is 3.33. The average Bonchev–Trinajstić information content (AvgIpc) is 3.06. The van der Waals surface area contributed by atoms with Gasteiger partial charge in [-0.25, -0.2) is 20.1 Å². The topological polar surface area (TPSA) is 97.9 Å². The van der Waals surface area contributed by atoms with E-state index >= 15 is 0 Å². The van der Waals surface area contributed by atoms with Crippen molar-refractivity contribution in [2.24, 2.45) is 5.92 Å². The zero-order chi connectivity index (χ0) is 17.2. The molecule has 2 heterocycles. The number of pyridine rings is 1. The molecular formula is C19H22N5O+. The molecule has 3 aromatic rings. The van der Waals surface area contributed by atoms with Crippen molar-refractivity contribution >= 4 is 28.4 Å². The van der Waals surface area contributed by atoms with Crippen LogP contribution in [-0.2, 0) is 4.79 Å². The molecule has 0 spiro atoms. The summed E-state index contributed by atoms with van der Waals surface area (Å²) in [4.78, 5) is 23.4. The molecule has 2 aromatic heterocycles. The van der Waals surface area contributed by atoms with Crippen LogP contribution in [0.4, 0.5) is 11.5 Å². The lowest BCUT2D eigenvalue weighted by molar-refractivity contribution is -0.358. The van der Waals surface area contributed by atoms with Gasteiger partial charge in [-0.3, -0.25) is 0 Å². The molecule has 0 radical (unpaired) electrons. The molecule has 1 aromatic carbocycles. The highest BCUT2D eigenvalue weighted by Crippen LogP contribution is 2.25. The van der Waals surface area contributed by atoms with E-state index < -0.39 is 0 Å². The molecule has 0 atom stereocenters. The molecule has 1 amide bonds. The van der Waals surface area contributed by atoms with E-state index in [4.69, 9.17) is 5.73 Å². The first kappa shape index (κ1) is 15.6. The first-order valence-corrected chi connectivity index (χ1v) is 8.77. The number of nitrogens with two attached hydrogens (primary N) is 1. The van der Waals surface area contributed by atoms with Crippen LogP contribution in [-0.4, -0.2) is 15.9 Å². The van der Waals surface area contributed by atoms with E-state index in [0.29, 0.717) is 5.82 Å². The van der Waals surface area contributed by atoms with Crippen LogP contribution in [0, 0.1) is 5.92 Å². The minimum absolute atomic E-state index is 0.101. The van der Waals surface area contributed by atoms with Crippen molar-refractivity contribution in [3.05, 3.63) is 36.5 Å². The molecule has 6 nitrogen and oxygen atoms in total. The monoisotopic (exact) mass is 336 g/mol. The first-order chi connectivity index (χ1) is 12.2. The Morgan fingerprint density at radius 3 is 2.72 bits per heavy atom. The van der Waals surface area contributed by atoms with Crippen LogP contribution in [0.25, 0.3) is 22.4 Å². The molecule has 1 aliphatic rings. The van der Waals surface area contributed by atoms with E-state index in [2.05, 4.69) is 20.3 Å². The number of aromatic nitrogens is 3. The minimum Gasteiger partial charge on any atom is -0.399 e. The predicted molar refractivity (Wildman–Crippen MR) is 97.7 cm³/mol. The van der Waals surface area contributed by atoms with Gasteiger partial charge < -0.3 is 10.7 Å². The Labute approximate surface area is 145 Å². The minimum atomic E-state index is 0.101. The van der Waals surface area contributed by atoms with Gasteiger partial charge in [0.15, 0.2) is 0 Å². The third-order valence-corrected chi connectivity index (χ3v) is 4.83. The summed E-state index contributed by atoms with van der Waals surface area (Å²) in [5, 5.41) is 3.00.